The predicted molar refractivity (Wildman–Crippen MR) is 101 cm³/mol. The molecule has 1 fully saturated rings. The molecule has 2 heterocycles. The van der Waals surface area contributed by atoms with E-state index in [2.05, 4.69) is 15.6 Å². The molecule has 1 aromatic carbocycles. The van der Waals surface area contributed by atoms with Crippen LogP contribution in [-0.2, 0) is 21.3 Å². The SMILES string of the molecule is Cc1cncc(CNC(=O)Nc2ccc(S(=O)(=O)N3CCOCC3)cc2)c1. The summed E-state index contributed by atoms with van der Waals surface area (Å²) in [5.74, 6) is 0. The third-order valence-electron chi connectivity index (χ3n) is 4.10. The first-order valence-electron chi connectivity index (χ1n) is 8.58. The average molecular weight is 390 g/mol. The zero-order chi connectivity index (χ0) is 19.3. The van der Waals surface area contributed by atoms with Crippen LogP contribution in [0.2, 0.25) is 0 Å². The maximum atomic E-state index is 12.6. The second kappa shape index (κ2) is 8.47. The fraction of sp³-hybridized carbons (Fsp3) is 0.333. The maximum absolute atomic E-state index is 12.6. The van der Waals surface area contributed by atoms with E-state index in [-0.39, 0.29) is 10.9 Å². The Morgan fingerprint density at radius 3 is 2.56 bits per heavy atom. The number of hydrogen-bond acceptors (Lipinski definition) is 5. The number of hydrogen-bond donors (Lipinski definition) is 2. The monoisotopic (exact) mass is 390 g/mol. The van der Waals surface area contributed by atoms with E-state index in [0.29, 0.717) is 38.5 Å². The quantitative estimate of drug-likeness (QED) is 0.810. The predicted octanol–water partition coefficient (Wildman–Crippen LogP) is 1.73. The first-order valence-corrected chi connectivity index (χ1v) is 10.0. The molecule has 1 aliphatic heterocycles. The van der Waals surface area contributed by atoms with Crippen molar-refractivity contribution in [1.82, 2.24) is 14.6 Å². The van der Waals surface area contributed by atoms with Crippen molar-refractivity contribution in [2.24, 2.45) is 0 Å². The van der Waals surface area contributed by atoms with Gasteiger partial charge in [-0.1, -0.05) is 6.07 Å². The summed E-state index contributed by atoms with van der Waals surface area (Å²) in [7, 11) is -3.54. The van der Waals surface area contributed by atoms with Crippen molar-refractivity contribution < 1.29 is 17.9 Å². The van der Waals surface area contributed by atoms with Crippen LogP contribution in [0.4, 0.5) is 10.5 Å². The second-order valence-corrected chi connectivity index (χ2v) is 8.16. The Morgan fingerprint density at radius 1 is 1.19 bits per heavy atom. The summed E-state index contributed by atoms with van der Waals surface area (Å²) in [6, 6.07) is 7.69. The molecule has 2 N–H and O–H groups in total. The van der Waals surface area contributed by atoms with Crippen LogP contribution in [0.25, 0.3) is 0 Å². The number of anilines is 1. The minimum atomic E-state index is -3.54. The molecule has 0 aliphatic carbocycles. The summed E-state index contributed by atoms with van der Waals surface area (Å²) >= 11 is 0. The summed E-state index contributed by atoms with van der Waals surface area (Å²) in [6.45, 7) is 3.77. The van der Waals surface area contributed by atoms with E-state index in [9.17, 15) is 13.2 Å². The standard InChI is InChI=1S/C18H22N4O4S/c1-14-10-15(12-19-11-14)13-20-18(23)21-16-2-4-17(5-3-16)27(24,25)22-6-8-26-9-7-22/h2-5,10-12H,6-9,13H2,1H3,(H2,20,21,23). The topological polar surface area (TPSA) is 101 Å². The fourth-order valence-corrected chi connectivity index (χ4v) is 4.13. The van der Waals surface area contributed by atoms with Gasteiger partial charge >= 0.3 is 6.03 Å². The Labute approximate surface area is 158 Å². The maximum Gasteiger partial charge on any atom is 0.319 e. The highest BCUT2D eigenvalue weighted by Gasteiger charge is 2.26. The highest BCUT2D eigenvalue weighted by molar-refractivity contribution is 7.89. The Kier molecular flexibility index (Phi) is 6.04. The molecule has 0 spiro atoms. The largest absolute Gasteiger partial charge is 0.379 e. The number of rotatable bonds is 5. The third kappa shape index (κ3) is 5.03. The van der Waals surface area contributed by atoms with Gasteiger partial charge in [-0.2, -0.15) is 4.31 Å². The molecule has 27 heavy (non-hydrogen) atoms. The molecule has 144 valence electrons. The Balaban J connectivity index is 1.57. The number of morpholine rings is 1. The van der Waals surface area contributed by atoms with Gasteiger partial charge in [0.15, 0.2) is 0 Å². The third-order valence-corrected chi connectivity index (χ3v) is 6.02. The average Bonchev–Trinajstić information content (AvgIpc) is 2.68. The zero-order valence-corrected chi connectivity index (χ0v) is 15.8. The number of benzene rings is 1. The van der Waals surface area contributed by atoms with Crippen molar-refractivity contribution in [3.05, 3.63) is 53.9 Å². The van der Waals surface area contributed by atoms with Gasteiger partial charge in [0.25, 0.3) is 0 Å². The van der Waals surface area contributed by atoms with E-state index in [4.69, 9.17) is 4.74 Å². The number of carbonyl (C=O) groups excluding carboxylic acids is 1. The van der Waals surface area contributed by atoms with Crippen LogP contribution in [0.3, 0.4) is 0 Å². The summed E-state index contributed by atoms with van der Waals surface area (Å²) in [5, 5.41) is 5.43. The molecule has 0 bridgehead atoms. The van der Waals surface area contributed by atoms with Crippen LogP contribution in [0.5, 0.6) is 0 Å². The molecule has 9 heteroatoms. The molecular weight excluding hydrogens is 368 g/mol. The number of sulfonamides is 1. The van der Waals surface area contributed by atoms with Crippen molar-refractivity contribution in [2.45, 2.75) is 18.4 Å². The summed E-state index contributed by atoms with van der Waals surface area (Å²) in [6.07, 6.45) is 3.44. The van der Waals surface area contributed by atoms with Crippen molar-refractivity contribution in [3.63, 3.8) is 0 Å². The molecule has 1 aliphatic rings. The minimum Gasteiger partial charge on any atom is -0.379 e. The van der Waals surface area contributed by atoms with Gasteiger partial charge in [0.05, 0.1) is 18.1 Å². The lowest BCUT2D eigenvalue weighted by atomic mass is 10.2. The van der Waals surface area contributed by atoms with Crippen LogP contribution < -0.4 is 10.6 Å². The second-order valence-electron chi connectivity index (χ2n) is 6.22. The van der Waals surface area contributed by atoms with Gasteiger partial charge < -0.3 is 15.4 Å². The van der Waals surface area contributed by atoms with Gasteiger partial charge in [-0.05, 0) is 42.3 Å². The molecule has 0 atom stereocenters. The van der Waals surface area contributed by atoms with Gasteiger partial charge in [-0.15, -0.1) is 0 Å². The molecule has 3 rings (SSSR count). The van der Waals surface area contributed by atoms with E-state index in [0.717, 1.165) is 11.1 Å². The molecule has 0 unspecified atom stereocenters. The number of aromatic nitrogens is 1. The Morgan fingerprint density at radius 2 is 1.89 bits per heavy atom. The van der Waals surface area contributed by atoms with Crippen LogP contribution in [0, 0.1) is 6.92 Å². The lowest BCUT2D eigenvalue weighted by Gasteiger charge is -2.26. The van der Waals surface area contributed by atoms with Gasteiger partial charge in [-0.25, -0.2) is 13.2 Å². The lowest BCUT2D eigenvalue weighted by molar-refractivity contribution is 0.0730. The highest BCUT2D eigenvalue weighted by Crippen LogP contribution is 2.19. The van der Waals surface area contributed by atoms with Crippen molar-refractivity contribution in [1.29, 1.82) is 0 Å². The number of ether oxygens (including phenoxy) is 1. The molecule has 1 aromatic heterocycles. The highest BCUT2D eigenvalue weighted by atomic mass is 32.2. The van der Waals surface area contributed by atoms with E-state index in [1.807, 2.05) is 13.0 Å². The number of pyridine rings is 1. The van der Waals surface area contributed by atoms with Crippen LogP contribution >= 0.6 is 0 Å². The minimum absolute atomic E-state index is 0.196. The van der Waals surface area contributed by atoms with Crippen molar-refractivity contribution in [3.8, 4) is 0 Å². The smallest absolute Gasteiger partial charge is 0.319 e. The molecule has 0 radical (unpaired) electrons. The fourth-order valence-electron chi connectivity index (χ4n) is 2.72. The van der Waals surface area contributed by atoms with Crippen molar-refractivity contribution in [2.75, 3.05) is 31.6 Å². The molecule has 2 aromatic rings. The normalized spacial score (nSPS) is 15.3. The summed E-state index contributed by atoms with van der Waals surface area (Å²) < 4.78 is 31.7. The van der Waals surface area contributed by atoms with Gasteiger partial charge in [0, 0.05) is 37.7 Å². The van der Waals surface area contributed by atoms with Crippen LogP contribution in [0.15, 0.2) is 47.6 Å². The molecule has 2 amide bonds. The Hall–Kier alpha value is -2.49. The summed E-state index contributed by atoms with van der Waals surface area (Å²) in [4.78, 5) is 16.3. The number of aryl methyl sites for hydroxylation is 1. The van der Waals surface area contributed by atoms with Gasteiger partial charge in [0.1, 0.15) is 0 Å². The number of urea groups is 1. The van der Waals surface area contributed by atoms with E-state index < -0.39 is 10.0 Å². The Bertz CT molecular complexity index is 894. The number of nitrogens with zero attached hydrogens (tertiary/aromatic N) is 2. The van der Waals surface area contributed by atoms with Gasteiger partial charge in [-0.3, -0.25) is 4.98 Å². The first kappa shape index (κ1) is 19.3. The van der Waals surface area contributed by atoms with E-state index in [1.165, 1.54) is 16.4 Å². The van der Waals surface area contributed by atoms with E-state index >= 15 is 0 Å². The molecule has 0 saturated carbocycles. The number of amides is 2. The molecule has 1 saturated heterocycles. The first-order chi connectivity index (χ1) is 12.9. The number of nitrogens with one attached hydrogen (secondary N) is 2. The van der Waals surface area contributed by atoms with Crippen LogP contribution in [-0.4, -0.2) is 50.0 Å². The number of carbonyl (C=O) groups is 1. The van der Waals surface area contributed by atoms with E-state index in [1.54, 1.807) is 24.5 Å². The van der Waals surface area contributed by atoms with Gasteiger partial charge in [0.2, 0.25) is 10.0 Å². The lowest BCUT2D eigenvalue weighted by Crippen LogP contribution is -2.40. The zero-order valence-electron chi connectivity index (χ0n) is 15.0. The molecular formula is C18H22N4O4S. The molecule has 8 nitrogen and oxygen atoms in total. The van der Waals surface area contributed by atoms with Crippen molar-refractivity contribution >= 4 is 21.7 Å². The van der Waals surface area contributed by atoms with Crippen LogP contribution in [0.1, 0.15) is 11.1 Å². The summed E-state index contributed by atoms with van der Waals surface area (Å²) in [5.41, 5.74) is 2.43.